The van der Waals surface area contributed by atoms with Gasteiger partial charge in [-0.2, -0.15) is 0 Å². The Bertz CT molecular complexity index is 2570. The van der Waals surface area contributed by atoms with E-state index in [0.717, 1.165) is 144 Å². The highest BCUT2D eigenvalue weighted by atomic mass is 16.3. The van der Waals surface area contributed by atoms with Crippen LogP contribution in [-0.4, -0.2) is 101 Å². The smallest absolute Gasteiger partial charge is 0.0601 e. The van der Waals surface area contributed by atoms with Crippen LogP contribution in [0.25, 0.3) is 0 Å². The summed E-state index contributed by atoms with van der Waals surface area (Å²) < 4.78 is 0. The molecule has 0 amide bonds. The van der Waals surface area contributed by atoms with E-state index in [0.29, 0.717) is 68.5 Å². The van der Waals surface area contributed by atoms with Crippen LogP contribution in [0.4, 0.5) is 0 Å². The Balaban J connectivity index is 0.000000179. The van der Waals surface area contributed by atoms with E-state index in [1.807, 2.05) is 0 Å². The van der Waals surface area contributed by atoms with Crippen LogP contribution in [0.15, 0.2) is 46.6 Å². The Hall–Kier alpha value is -1.40. The van der Waals surface area contributed by atoms with Crippen LogP contribution in [-0.2, 0) is 0 Å². The van der Waals surface area contributed by atoms with Crippen molar-refractivity contribution >= 4 is 0 Å². The minimum absolute atomic E-state index is 0.00116. The van der Waals surface area contributed by atoms with Crippen LogP contribution >= 0.6 is 0 Å². The zero-order chi connectivity index (χ0) is 75.9. The van der Waals surface area contributed by atoms with Gasteiger partial charge in [0.25, 0.3) is 0 Å². The van der Waals surface area contributed by atoms with Crippen LogP contribution in [0.2, 0.25) is 0 Å². The number of hydrogen-bond donors (Lipinski definition) is 9. The van der Waals surface area contributed by atoms with Crippen molar-refractivity contribution in [3.8, 4) is 0 Å². The van der Waals surface area contributed by atoms with Gasteiger partial charge in [0.15, 0.2) is 0 Å². The average Bonchev–Trinajstić information content (AvgIpc) is 1.60. The van der Waals surface area contributed by atoms with Crippen molar-refractivity contribution in [1.29, 1.82) is 0 Å². The molecule has 9 nitrogen and oxygen atoms in total. The quantitative estimate of drug-likeness (QED) is 0.124. The van der Waals surface area contributed by atoms with Gasteiger partial charge in [-0.05, 0) is 368 Å². The first-order valence-corrected chi connectivity index (χ1v) is 42.3. The zero-order valence-electron chi connectivity index (χ0n) is 70.1. The van der Waals surface area contributed by atoms with E-state index >= 15 is 0 Å². The molecule has 16 rings (SSSR count). The molecule has 16 aliphatic carbocycles. The van der Waals surface area contributed by atoms with Gasteiger partial charge in [0.05, 0.1) is 54.9 Å². The fraction of sp³-hybridized carbons (Fsp3) is 0.913. The van der Waals surface area contributed by atoms with E-state index in [2.05, 4.69) is 190 Å². The summed E-state index contributed by atoms with van der Waals surface area (Å²) in [4.78, 5) is 0. The summed E-state index contributed by atoms with van der Waals surface area (Å²) in [5.41, 5.74) is 8.24. The second-order valence-electron chi connectivity index (χ2n) is 42.3. The van der Waals surface area contributed by atoms with Gasteiger partial charge in [-0.3, -0.25) is 0 Å². The number of fused-ring (bicyclic) bond motifs is 10. The van der Waals surface area contributed by atoms with Gasteiger partial charge in [-0.25, -0.2) is 0 Å². The Labute approximate surface area is 622 Å². The Kier molecular flexibility index (Phi) is 31.9. The molecule has 0 aromatic heterocycles. The van der Waals surface area contributed by atoms with E-state index in [1.54, 1.807) is 0 Å². The first-order chi connectivity index (χ1) is 46.5. The molecule has 0 aromatic carbocycles. The first kappa shape index (κ1) is 88.5. The molecule has 0 heterocycles. The van der Waals surface area contributed by atoms with E-state index in [-0.39, 0.29) is 71.2 Å². The summed E-state index contributed by atoms with van der Waals surface area (Å²) in [6, 6.07) is 0. The predicted molar refractivity (Wildman–Crippen MR) is 425 cm³/mol. The largest absolute Gasteiger partial charge is 0.393 e. The lowest BCUT2D eigenvalue weighted by molar-refractivity contribution is -0.115. The molecule has 16 aliphatic rings. The molecule has 0 saturated heterocycles. The van der Waals surface area contributed by atoms with Gasteiger partial charge < -0.3 is 46.0 Å². The molecular weight excluding hydrogens is 1250 g/mol. The number of aliphatic hydroxyl groups is 9. The van der Waals surface area contributed by atoms with Gasteiger partial charge in [-0.1, -0.05) is 157 Å². The topological polar surface area (TPSA) is 182 Å². The van der Waals surface area contributed by atoms with Gasteiger partial charge in [-0.15, -0.1) is 0 Å². The highest BCUT2D eigenvalue weighted by Crippen LogP contribution is 2.67. The summed E-state index contributed by atoms with van der Waals surface area (Å²) in [5.74, 6) is 9.96. The lowest BCUT2D eigenvalue weighted by atomic mass is 9.48. The second-order valence-corrected chi connectivity index (χ2v) is 42.3. The molecule has 0 spiro atoms. The Morgan fingerprint density at radius 2 is 0.851 bits per heavy atom. The highest BCUT2D eigenvalue weighted by molar-refractivity contribution is 5.14. The molecule has 9 N–H and O–H groups in total. The molecule has 16 fully saturated rings. The number of aliphatic hydroxyl groups excluding tert-OH is 9. The molecule has 588 valence electrons. The van der Waals surface area contributed by atoms with Gasteiger partial charge in [0, 0.05) is 0 Å². The van der Waals surface area contributed by atoms with Crippen molar-refractivity contribution in [3.63, 3.8) is 0 Å². The highest BCUT2D eigenvalue weighted by Gasteiger charge is 2.63. The monoisotopic (exact) mass is 1420 g/mol. The first-order valence-electron chi connectivity index (χ1n) is 42.3. The van der Waals surface area contributed by atoms with Crippen LogP contribution in [0, 0.1) is 126 Å². The summed E-state index contributed by atoms with van der Waals surface area (Å²) >= 11 is 0. The van der Waals surface area contributed by atoms with Crippen molar-refractivity contribution in [2.24, 2.45) is 126 Å². The summed E-state index contributed by atoms with van der Waals surface area (Å²) in [5, 5.41) is 86.1. The summed E-state index contributed by atoms with van der Waals surface area (Å²) in [6.45, 7) is 53.5. The minimum atomic E-state index is -0.102. The molecular formula is C92H166O9. The van der Waals surface area contributed by atoms with E-state index in [1.165, 1.54) is 106 Å². The molecule has 0 aliphatic heterocycles. The molecule has 25 unspecified atom stereocenters. The maximum atomic E-state index is 9.81. The van der Waals surface area contributed by atoms with E-state index in [9.17, 15) is 46.0 Å². The van der Waals surface area contributed by atoms with Gasteiger partial charge in [0.2, 0.25) is 0 Å². The minimum Gasteiger partial charge on any atom is -0.393 e. The summed E-state index contributed by atoms with van der Waals surface area (Å²) in [7, 11) is 0. The number of rotatable bonds is 4. The maximum absolute atomic E-state index is 9.81. The molecule has 101 heavy (non-hydrogen) atoms. The van der Waals surface area contributed by atoms with Crippen molar-refractivity contribution < 1.29 is 46.0 Å². The molecule has 0 radical (unpaired) electrons. The maximum Gasteiger partial charge on any atom is 0.0601 e. The zero-order valence-corrected chi connectivity index (χ0v) is 70.1. The predicted octanol–water partition coefficient (Wildman–Crippen LogP) is 21.3. The van der Waals surface area contributed by atoms with Gasteiger partial charge in [0.1, 0.15) is 0 Å². The van der Waals surface area contributed by atoms with Crippen molar-refractivity contribution in [3.05, 3.63) is 46.6 Å². The van der Waals surface area contributed by atoms with Gasteiger partial charge >= 0.3 is 0 Å². The number of hydrogen-bond acceptors (Lipinski definition) is 9. The molecule has 0 aromatic rings. The van der Waals surface area contributed by atoms with Crippen LogP contribution in [0.1, 0.15) is 352 Å². The van der Waals surface area contributed by atoms with E-state index in [4.69, 9.17) is 0 Å². The van der Waals surface area contributed by atoms with Crippen LogP contribution in [0.3, 0.4) is 0 Å². The van der Waals surface area contributed by atoms with Crippen LogP contribution in [0.5, 0.6) is 0 Å². The Morgan fingerprint density at radius 1 is 0.327 bits per heavy atom. The third-order valence-corrected chi connectivity index (χ3v) is 30.5. The lowest BCUT2D eigenvalue weighted by Crippen LogP contribution is -2.51. The van der Waals surface area contributed by atoms with Crippen LogP contribution < -0.4 is 0 Å². The van der Waals surface area contributed by atoms with Crippen molar-refractivity contribution in [2.45, 2.75) is 407 Å². The second kappa shape index (κ2) is 36.4. The lowest BCUT2D eigenvalue weighted by Gasteiger charge is -2.58. The molecule has 25 atom stereocenters. The average molecular weight is 1420 g/mol. The molecule has 9 heteroatoms. The van der Waals surface area contributed by atoms with Crippen molar-refractivity contribution in [2.75, 3.05) is 0 Å². The number of allylic oxidation sites excluding steroid dienone is 8. The molecule has 8 bridgehead atoms. The Morgan fingerprint density at radius 3 is 1.23 bits per heavy atom. The summed E-state index contributed by atoms with van der Waals surface area (Å²) in [6.07, 6.45) is 43.0. The van der Waals surface area contributed by atoms with Crippen molar-refractivity contribution in [1.82, 2.24) is 0 Å². The molecule has 16 saturated carbocycles. The third-order valence-electron chi connectivity index (χ3n) is 30.5. The third kappa shape index (κ3) is 24.3. The fourth-order valence-corrected chi connectivity index (χ4v) is 23.7. The van der Waals surface area contributed by atoms with E-state index < -0.39 is 0 Å². The SMILES string of the molecule is CC(C)=CC1(C)CC(C)CC(O)C1.CC(C)=CC1(C)CCC(C)C(O)C1.CC(C)=CC1(C)CCC(O)C(C)C1.CC(C)=CC1(C)CCC(O)CC1C.CC1(C)C2CC(O)CC1C2.CC1(C)C2CCC1(C)C(O)C2.CC1CC(O)C2C(C1)C2(C)C.OC1CC2CCC1C2.OC1CC2CCC1CC2. The normalized spacial score (nSPS) is 45.9. The standard InChI is InChI=1S/4C12H22O.2C10H18O.C9H16O.C8H14O.C7H12O/c1-9(2)6-12(4)7-10(3)5-11(13)8-12;1-9(2)8-12(4)6-5-11(13)7-10(12)3;1-9(2)7-12(4)6-5-11(13)10(3)8-12;1-9(2)7-12(4)6-5-10(3)11(13)8-12;1-6-4-7-9(8(11)5-6)10(7,2)3;1-9(2)7-4-5-10(9,3)8(11)6-7;1-9(2)6-3-7(9)5-8(10)4-6;9-8-5-6-1-3-7(8)4-2-6;8-7-4-5-1-2-6(7)3-5/h6,10-11,13H,5,7-8H2,1-4H3;8,10-11,13H,5-7H2,1-4H3;2*7,10-11,13H,5-6,8H2,1-4H3;6-9,11H,4-5H2,1-3H3;7-8,11H,4-6H2,1-3H3;6-8,10H,3-5H2,1-2H3;6-9H,1-5H2;5-8H,1-4H2. The fourth-order valence-electron chi connectivity index (χ4n) is 23.7.